The van der Waals surface area contributed by atoms with Gasteiger partial charge >= 0.3 is 0 Å². The Balaban J connectivity index is 1.57. The zero-order valence-corrected chi connectivity index (χ0v) is 14.2. The number of anilines is 2. The Morgan fingerprint density at radius 3 is 2.81 bits per heavy atom. The lowest BCUT2D eigenvalue weighted by Crippen LogP contribution is -2.38. The molecule has 1 aliphatic heterocycles. The molecule has 26 heavy (non-hydrogen) atoms. The largest absolute Gasteiger partial charge is 0.368 e. The molecule has 130 valence electrons. The topological polar surface area (TPSA) is 114 Å². The average Bonchev–Trinajstić information content (AvgIpc) is 3.29. The molecule has 0 saturated carbocycles. The molecule has 0 spiro atoms. The molecule has 3 N–H and O–H groups in total. The van der Waals surface area contributed by atoms with Gasteiger partial charge < -0.3 is 10.6 Å². The molecule has 5 rings (SSSR count). The van der Waals surface area contributed by atoms with Gasteiger partial charge in [-0.1, -0.05) is 30.3 Å². The van der Waals surface area contributed by atoms with Crippen LogP contribution in [0.15, 0.2) is 36.5 Å². The van der Waals surface area contributed by atoms with E-state index in [1.54, 1.807) is 6.20 Å². The van der Waals surface area contributed by atoms with Crippen molar-refractivity contribution in [3.8, 4) is 11.4 Å². The summed E-state index contributed by atoms with van der Waals surface area (Å²) in [5, 5.41) is 12.4. The van der Waals surface area contributed by atoms with E-state index >= 15 is 0 Å². The molecule has 9 nitrogen and oxygen atoms in total. The van der Waals surface area contributed by atoms with Crippen LogP contribution in [0.5, 0.6) is 0 Å². The Morgan fingerprint density at radius 2 is 1.96 bits per heavy atom. The number of hydrogen-bond acceptors (Lipinski definition) is 7. The first kappa shape index (κ1) is 14.8. The lowest BCUT2D eigenvalue weighted by molar-refractivity contribution is 0.461. The maximum atomic E-state index is 5.88. The molecule has 1 aliphatic rings. The molecule has 9 heteroatoms. The van der Waals surface area contributed by atoms with Gasteiger partial charge in [0.2, 0.25) is 5.95 Å². The molecule has 0 fully saturated rings. The van der Waals surface area contributed by atoms with Crippen LogP contribution in [0.2, 0.25) is 0 Å². The molecule has 1 aromatic carbocycles. The molecule has 0 aliphatic carbocycles. The van der Waals surface area contributed by atoms with Crippen LogP contribution in [-0.4, -0.2) is 41.5 Å². The monoisotopic (exact) mass is 347 g/mol. The lowest BCUT2D eigenvalue weighted by Gasteiger charge is -2.34. The highest BCUT2D eigenvalue weighted by Gasteiger charge is 2.30. The molecule has 0 bridgehead atoms. The number of H-pyrrole nitrogens is 1. The van der Waals surface area contributed by atoms with Gasteiger partial charge in [0, 0.05) is 12.1 Å². The van der Waals surface area contributed by atoms with Crippen LogP contribution in [0.1, 0.15) is 18.8 Å². The summed E-state index contributed by atoms with van der Waals surface area (Å²) in [6, 6.07) is 10.0. The van der Waals surface area contributed by atoms with Crippen molar-refractivity contribution in [3.63, 3.8) is 0 Å². The van der Waals surface area contributed by atoms with Crippen molar-refractivity contribution in [2.45, 2.75) is 19.5 Å². The summed E-state index contributed by atoms with van der Waals surface area (Å²) in [7, 11) is 0. The number of hydrogen-bond donors (Lipinski definition) is 2. The fourth-order valence-corrected chi connectivity index (χ4v) is 3.42. The van der Waals surface area contributed by atoms with Gasteiger partial charge in [0.15, 0.2) is 11.5 Å². The third kappa shape index (κ3) is 2.20. The van der Waals surface area contributed by atoms with E-state index < -0.39 is 0 Å². The summed E-state index contributed by atoms with van der Waals surface area (Å²) in [4.78, 5) is 15.6. The Morgan fingerprint density at radius 1 is 1.12 bits per heavy atom. The van der Waals surface area contributed by atoms with Gasteiger partial charge in [-0.25, -0.2) is 9.67 Å². The Kier molecular flexibility index (Phi) is 3.14. The molecule has 4 heterocycles. The average molecular weight is 347 g/mol. The highest BCUT2D eigenvalue weighted by Crippen LogP contribution is 2.33. The van der Waals surface area contributed by atoms with Crippen molar-refractivity contribution in [1.82, 2.24) is 34.9 Å². The summed E-state index contributed by atoms with van der Waals surface area (Å²) < 4.78 is 1.97. The number of rotatable bonds is 2. The minimum Gasteiger partial charge on any atom is -0.368 e. The van der Waals surface area contributed by atoms with E-state index in [2.05, 4.69) is 37.1 Å². The predicted molar refractivity (Wildman–Crippen MR) is 97.3 cm³/mol. The number of nitrogens with one attached hydrogen (secondary N) is 1. The van der Waals surface area contributed by atoms with E-state index in [0.717, 1.165) is 41.5 Å². The van der Waals surface area contributed by atoms with Crippen molar-refractivity contribution in [3.05, 3.63) is 42.4 Å². The van der Waals surface area contributed by atoms with E-state index in [4.69, 9.17) is 10.7 Å². The second kappa shape index (κ2) is 5.51. The smallest absolute Gasteiger partial charge is 0.224 e. The molecule has 0 radical (unpaired) electrons. The summed E-state index contributed by atoms with van der Waals surface area (Å²) in [5.74, 6) is 2.64. The second-order valence-electron chi connectivity index (χ2n) is 6.29. The van der Waals surface area contributed by atoms with Crippen molar-refractivity contribution < 1.29 is 0 Å². The van der Waals surface area contributed by atoms with Gasteiger partial charge in [-0.2, -0.15) is 20.2 Å². The predicted octanol–water partition coefficient (Wildman–Crippen LogP) is 1.77. The molecule has 4 aromatic rings. The highest BCUT2D eigenvalue weighted by atomic mass is 15.4. The van der Waals surface area contributed by atoms with Crippen molar-refractivity contribution >= 4 is 22.8 Å². The molecule has 1 atom stereocenters. The normalized spacial score (nSPS) is 16.8. The third-order valence-electron chi connectivity index (χ3n) is 4.71. The summed E-state index contributed by atoms with van der Waals surface area (Å²) in [6.07, 6.45) is 1.73. The van der Waals surface area contributed by atoms with Crippen LogP contribution in [-0.2, 0) is 6.54 Å². The molecule has 3 aromatic heterocycles. The first-order valence-electron chi connectivity index (χ1n) is 8.44. The number of nitrogens with zero attached hydrogens (tertiary/aromatic N) is 7. The molecular formula is C17H17N9. The summed E-state index contributed by atoms with van der Waals surface area (Å²) in [5.41, 5.74) is 7.53. The fraction of sp³-hybridized carbons (Fsp3) is 0.235. The Hall–Kier alpha value is -3.49. The number of benzene rings is 1. The highest BCUT2D eigenvalue weighted by molar-refractivity contribution is 5.87. The number of nitrogens with two attached hydrogens (primary N) is 1. The number of nitrogen functional groups attached to an aromatic ring is 1. The third-order valence-corrected chi connectivity index (χ3v) is 4.71. The quantitative estimate of drug-likeness (QED) is 0.568. The van der Waals surface area contributed by atoms with Gasteiger partial charge in [0.1, 0.15) is 11.6 Å². The SMILES string of the molecule is C[C@H]1c2nc(-c3ccccc3)nn2CCN1c1nc(N)nc2[nH]ncc12. The van der Waals surface area contributed by atoms with Crippen molar-refractivity contribution in [2.24, 2.45) is 0 Å². The second-order valence-corrected chi connectivity index (χ2v) is 6.29. The van der Waals surface area contributed by atoms with Crippen LogP contribution >= 0.6 is 0 Å². The van der Waals surface area contributed by atoms with Crippen molar-refractivity contribution in [1.29, 1.82) is 0 Å². The molecule has 0 unspecified atom stereocenters. The zero-order valence-electron chi connectivity index (χ0n) is 14.2. The number of aromatic amines is 1. The number of aromatic nitrogens is 7. The minimum absolute atomic E-state index is 0.00103. The Bertz CT molecular complexity index is 1080. The van der Waals surface area contributed by atoms with E-state index in [9.17, 15) is 0 Å². The van der Waals surface area contributed by atoms with Gasteiger partial charge in [-0.05, 0) is 6.92 Å². The fourth-order valence-electron chi connectivity index (χ4n) is 3.42. The van der Waals surface area contributed by atoms with E-state index in [1.807, 2.05) is 35.0 Å². The van der Waals surface area contributed by atoms with Crippen LogP contribution in [0.4, 0.5) is 11.8 Å². The van der Waals surface area contributed by atoms with Crippen LogP contribution < -0.4 is 10.6 Å². The minimum atomic E-state index is 0.00103. The van der Waals surface area contributed by atoms with Crippen LogP contribution in [0.25, 0.3) is 22.4 Å². The first-order valence-corrected chi connectivity index (χ1v) is 8.44. The van der Waals surface area contributed by atoms with E-state index in [-0.39, 0.29) is 12.0 Å². The maximum absolute atomic E-state index is 5.88. The van der Waals surface area contributed by atoms with E-state index in [1.165, 1.54) is 0 Å². The van der Waals surface area contributed by atoms with E-state index in [0.29, 0.717) is 5.65 Å². The van der Waals surface area contributed by atoms with Gasteiger partial charge in [-0.15, -0.1) is 0 Å². The number of fused-ring (bicyclic) bond motifs is 2. The Labute approximate surface area is 148 Å². The van der Waals surface area contributed by atoms with Crippen LogP contribution in [0, 0.1) is 0 Å². The van der Waals surface area contributed by atoms with Gasteiger partial charge in [0.05, 0.1) is 24.2 Å². The molecule has 0 saturated heterocycles. The standard InChI is InChI=1S/C17H17N9/c1-10-15-20-13(11-5-3-2-4-6-11)24-26(15)8-7-25(10)16-12-9-19-23-14(12)21-17(18)22-16/h2-6,9-10H,7-8H2,1H3,(H3,18,19,21,22,23)/t10-/m0/s1. The zero-order chi connectivity index (χ0) is 17.7. The van der Waals surface area contributed by atoms with Crippen LogP contribution in [0.3, 0.4) is 0 Å². The molecule has 0 amide bonds. The molecular weight excluding hydrogens is 330 g/mol. The maximum Gasteiger partial charge on any atom is 0.224 e. The first-order chi connectivity index (χ1) is 12.7. The van der Waals surface area contributed by atoms with Gasteiger partial charge in [0.25, 0.3) is 0 Å². The lowest BCUT2D eigenvalue weighted by atomic mass is 10.2. The van der Waals surface area contributed by atoms with Gasteiger partial charge in [-0.3, -0.25) is 5.10 Å². The summed E-state index contributed by atoms with van der Waals surface area (Å²) >= 11 is 0. The van der Waals surface area contributed by atoms with Crippen molar-refractivity contribution in [2.75, 3.05) is 17.2 Å². The summed E-state index contributed by atoms with van der Waals surface area (Å²) in [6.45, 7) is 3.57.